The Labute approximate surface area is 91.6 Å². The highest BCUT2D eigenvalue weighted by Crippen LogP contribution is 1.98. The largest absolute Gasteiger partial charge is 0.398 e. The molecule has 1 rings (SSSR count). The molecule has 0 radical (unpaired) electrons. The van der Waals surface area contributed by atoms with Crippen LogP contribution >= 0.6 is 0 Å². The van der Waals surface area contributed by atoms with Crippen LogP contribution in [0, 0.1) is 0 Å². The fourth-order valence-electron chi connectivity index (χ4n) is 1.23. The van der Waals surface area contributed by atoms with E-state index in [0.717, 1.165) is 0 Å². The SMILES string of the molecule is Nc1ccc(=O)n(CCCOCC(F)F)c1. The van der Waals surface area contributed by atoms with Crippen LogP contribution in [0.1, 0.15) is 6.42 Å². The molecule has 0 unspecified atom stereocenters. The van der Waals surface area contributed by atoms with E-state index in [2.05, 4.69) is 0 Å². The molecule has 0 aromatic carbocycles. The van der Waals surface area contributed by atoms with Gasteiger partial charge in [0.25, 0.3) is 12.0 Å². The summed E-state index contributed by atoms with van der Waals surface area (Å²) in [7, 11) is 0. The zero-order chi connectivity index (χ0) is 12.0. The number of hydrogen-bond acceptors (Lipinski definition) is 3. The molecule has 16 heavy (non-hydrogen) atoms. The zero-order valence-corrected chi connectivity index (χ0v) is 8.73. The van der Waals surface area contributed by atoms with E-state index in [1.54, 1.807) is 0 Å². The van der Waals surface area contributed by atoms with Gasteiger partial charge in [0.05, 0.1) is 0 Å². The van der Waals surface area contributed by atoms with Crippen LogP contribution in [0.3, 0.4) is 0 Å². The van der Waals surface area contributed by atoms with Crippen LogP contribution in [0.25, 0.3) is 0 Å². The van der Waals surface area contributed by atoms with Crippen molar-refractivity contribution in [1.82, 2.24) is 4.57 Å². The molecule has 0 aliphatic carbocycles. The first-order chi connectivity index (χ1) is 7.59. The Balaban J connectivity index is 2.32. The average Bonchev–Trinajstić information content (AvgIpc) is 2.22. The molecule has 0 bridgehead atoms. The molecule has 6 heteroatoms. The second kappa shape index (κ2) is 6.22. The van der Waals surface area contributed by atoms with Gasteiger partial charge in [-0.15, -0.1) is 0 Å². The van der Waals surface area contributed by atoms with Crippen molar-refractivity contribution < 1.29 is 13.5 Å². The molecule has 1 aromatic heterocycles. The smallest absolute Gasteiger partial charge is 0.261 e. The van der Waals surface area contributed by atoms with Crippen molar-refractivity contribution in [1.29, 1.82) is 0 Å². The Bertz CT molecular complexity index is 379. The third kappa shape index (κ3) is 4.39. The highest BCUT2D eigenvalue weighted by Gasteiger charge is 2.01. The van der Waals surface area contributed by atoms with Crippen LogP contribution in [0.2, 0.25) is 0 Å². The van der Waals surface area contributed by atoms with Crippen molar-refractivity contribution in [3.05, 3.63) is 28.7 Å². The normalized spacial score (nSPS) is 10.9. The van der Waals surface area contributed by atoms with E-state index in [-0.39, 0.29) is 12.2 Å². The van der Waals surface area contributed by atoms with Crippen molar-refractivity contribution in [2.24, 2.45) is 0 Å². The van der Waals surface area contributed by atoms with Crippen LogP contribution in [-0.2, 0) is 11.3 Å². The quantitative estimate of drug-likeness (QED) is 0.747. The molecule has 0 fully saturated rings. The number of nitrogens with two attached hydrogens (primary N) is 1. The molecule has 0 saturated heterocycles. The number of nitrogen functional groups attached to an aromatic ring is 1. The lowest BCUT2D eigenvalue weighted by molar-refractivity contribution is 0.0157. The number of anilines is 1. The number of alkyl halides is 2. The second-order valence-electron chi connectivity index (χ2n) is 3.31. The number of hydrogen-bond donors (Lipinski definition) is 1. The Morgan fingerprint density at radius 2 is 2.19 bits per heavy atom. The van der Waals surface area contributed by atoms with E-state index >= 15 is 0 Å². The molecule has 2 N–H and O–H groups in total. The molecule has 0 spiro atoms. The minimum absolute atomic E-state index is 0.164. The first-order valence-electron chi connectivity index (χ1n) is 4.91. The topological polar surface area (TPSA) is 57.2 Å². The van der Waals surface area contributed by atoms with E-state index in [1.165, 1.54) is 22.9 Å². The third-order valence-corrected chi connectivity index (χ3v) is 1.94. The standard InChI is InChI=1S/C10H14F2N2O2/c11-9(12)7-16-5-1-4-14-6-8(13)2-3-10(14)15/h2-3,6,9H,1,4-5,7,13H2. The number of ether oxygens (including phenoxy) is 1. The van der Waals surface area contributed by atoms with Gasteiger partial charge in [0.15, 0.2) is 0 Å². The Morgan fingerprint density at radius 1 is 1.44 bits per heavy atom. The lowest BCUT2D eigenvalue weighted by Crippen LogP contribution is -2.20. The van der Waals surface area contributed by atoms with Crippen molar-refractivity contribution in [2.75, 3.05) is 18.9 Å². The van der Waals surface area contributed by atoms with E-state index in [0.29, 0.717) is 18.7 Å². The lowest BCUT2D eigenvalue weighted by atomic mass is 10.4. The number of pyridine rings is 1. The molecule has 0 aliphatic rings. The maximum Gasteiger partial charge on any atom is 0.261 e. The zero-order valence-electron chi connectivity index (χ0n) is 8.73. The van der Waals surface area contributed by atoms with E-state index in [4.69, 9.17) is 10.5 Å². The van der Waals surface area contributed by atoms with Gasteiger partial charge < -0.3 is 15.0 Å². The number of aromatic nitrogens is 1. The minimum atomic E-state index is -2.45. The Morgan fingerprint density at radius 3 is 2.88 bits per heavy atom. The molecule has 0 aliphatic heterocycles. The van der Waals surface area contributed by atoms with E-state index in [1.807, 2.05) is 0 Å². The number of rotatable bonds is 6. The van der Waals surface area contributed by atoms with Crippen LogP contribution < -0.4 is 11.3 Å². The van der Waals surface area contributed by atoms with Crippen LogP contribution in [0.5, 0.6) is 0 Å². The Kier molecular flexibility index (Phi) is 4.91. The van der Waals surface area contributed by atoms with Gasteiger partial charge in [-0.2, -0.15) is 0 Å². The van der Waals surface area contributed by atoms with E-state index < -0.39 is 13.0 Å². The van der Waals surface area contributed by atoms with Gasteiger partial charge in [-0.05, 0) is 12.5 Å². The molecular weight excluding hydrogens is 218 g/mol. The van der Waals surface area contributed by atoms with E-state index in [9.17, 15) is 13.6 Å². The molecule has 4 nitrogen and oxygen atoms in total. The molecule has 0 saturated carbocycles. The first kappa shape index (κ1) is 12.6. The summed E-state index contributed by atoms with van der Waals surface area (Å²) < 4.78 is 29.5. The second-order valence-corrected chi connectivity index (χ2v) is 3.31. The molecular formula is C10H14F2N2O2. The summed E-state index contributed by atoms with van der Waals surface area (Å²) in [5.74, 6) is 0. The summed E-state index contributed by atoms with van der Waals surface area (Å²) in [5.41, 5.74) is 5.84. The molecule has 1 heterocycles. The highest BCUT2D eigenvalue weighted by atomic mass is 19.3. The molecule has 1 aromatic rings. The van der Waals surface area contributed by atoms with Crippen LogP contribution in [0.15, 0.2) is 23.1 Å². The molecule has 0 amide bonds. The van der Waals surface area contributed by atoms with Gasteiger partial charge in [0.2, 0.25) is 0 Å². The van der Waals surface area contributed by atoms with Gasteiger partial charge in [-0.1, -0.05) is 0 Å². The third-order valence-electron chi connectivity index (χ3n) is 1.94. The summed E-state index contributed by atoms with van der Waals surface area (Å²) >= 11 is 0. The van der Waals surface area contributed by atoms with Crippen LogP contribution in [0.4, 0.5) is 14.5 Å². The molecule has 90 valence electrons. The Hall–Kier alpha value is -1.43. The predicted octanol–water partition coefficient (Wildman–Crippen LogP) is 1.10. The highest BCUT2D eigenvalue weighted by molar-refractivity contribution is 5.33. The summed E-state index contributed by atoms with van der Waals surface area (Å²) in [4.78, 5) is 11.3. The van der Waals surface area contributed by atoms with Gasteiger partial charge in [0.1, 0.15) is 6.61 Å². The maximum absolute atomic E-state index is 11.7. The van der Waals surface area contributed by atoms with Crippen molar-refractivity contribution >= 4 is 5.69 Å². The van der Waals surface area contributed by atoms with Crippen molar-refractivity contribution in [2.45, 2.75) is 19.4 Å². The molecule has 0 atom stereocenters. The van der Waals surface area contributed by atoms with Gasteiger partial charge in [0, 0.05) is 31.1 Å². The predicted molar refractivity (Wildman–Crippen MR) is 56.6 cm³/mol. The monoisotopic (exact) mass is 232 g/mol. The average molecular weight is 232 g/mol. The first-order valence-corrected chi connectivity index (χ1v) is 4.91. The number of halogens is 2. The maximum atomic E-state index is 11.7. The van der Waals surface area contributed by atoms with Crippen molar-refractivity contribution in [3.8, 4) is 0 Å². The van der Waals surface area contributed by atoms with Gasteiger partial charge >= 0.3 is 0 Å². The van der Waals surface area contributed by atoms with Crippen LogP contribution in [-0.4, -0.2) is 24.2 Å². The lowest BCUT2D eigenvalue weighted by Gasteiger charge is -2.06. The summed E-state index contributed by atoms with van der Waals surface area (Å²) in [6.07, 6.45) is -0.430. The fraction of sp³-hybridized carbons (Fsp3) is 0.500. The van der Waals surface area contributed by atoms with Gasteiger partial charge in [-0.3, -0.25) is 4.79 Å². The van der Waals surface area contributed by atoms with Crippen molar-refractivity contribution in [3.63, 3.8) is 0 Å². The minimum Gasteiger partial charge on any atom is -0.398 e. The van der Waals surface area contributed by atoms with Gasteiger partial charge in [-0.25, -0.2) is 8.78 Å². The number of aryl methyl sites for hydroxylation is 1. The summed E-state index contributed by atoms with van der Waals surface area (Å²) in [6.45, 7) is 0.0461. The summed E-state index contributed by atoms with van der Waals surface area (Å²) in [6, 6.07) is 2.89. The number of nitrogens with zero attached hydrogens (tertiary/aromatic N) is 1. The summed E-state index contributed by atoms with van der Waals surface area (Å²) in [5, 5.41) is 0. The fourth-order valence-corrected chi connectivity index (χ4v) is 1.23.